The molecule has 1 aromatic heterocycles. The Bertz CT molecular complexity index is 1140. The van der Waals surface area contributed by atoms with Gasteiger partial charge in [0.25, 0.3) is 5.56 Å². The topological polar surface area (TPSA) is 69.3 Å². The Balaban J connectivity index is 1.14. The fraction of sp³-hybridized carbons (Fsp3) is 0.593. The van der Waals surface area contributed by atoms with Crippen LogP contribution in [0.5, 0.6) is 0 Å². The highest BCUT2D eigenvalue weighted by Gasteiger charge is 2.46. The number of H-pyrrole nitrogens is 1. The zero-order valence-corrected chi connectivity index (χ0v) is 19.3. The maximum absolute atomic E-state index is 13.4. The molecule has 0 radical (unpaired) electrons. The molecular formula is C27H34N4O2. The number of para-hydroxylation sites is 1. The van der Waals surface area contributed by atoms with E-state index in [4.69, 9.17) is 0 Å². The van der Waals surface area contributed by atoms with Gasteiger partial charge in [-0.25, -0.2) is 4.98 Å². The van der Waals surface area contributed by atoms with Gasteiger partial charge in [-0.3, -0.25) is 14.5 Å². The molecule has 3 fully saturated rings. The lowest BCUT2D eigenvalue weighted by Crippen LogP contribution is -2.60. The van der Waals surface area contributed by atoms with Gasteiger partial charge in [0, 0.05) is 32.0 Å². The third-order valence-corrected chi connectivity index (χ3v) is 8.44. The molecule has 6 rings (SSSR count). The second-order valence-electron chi connectivity index (χ2n) is 10.5. The van der Waals surface area contributed by atoms with Crippen molar-refractivity contribution in [1.29, 1.82) is 0 Å². The molecule has 6 nitrogen and oxygen atoms in total. The summed E-state index contributed by atoms with van der Waals surface area (Å²) in [6, 6.07) is 8.46. The molecule has 1 N–H and O–H groups in total. The van der Waals surface area contributed by atoms with Gasteiger partial charge < -0.3 is 9.88 Å². The van der Waals surface area contributed by atoms with Crippen molar-refractivity contribution in [3.63, 3.8) is 0 Å². The molecule has 4 heterocycles. The predicted molar refractivity (Wildman–Crippen MR) is 129 cm³/mol. The van der Waals surface area contributed by atoms with Crippen LogP contribution in [0.1, 0.15) is 57.2 Å². The van der Waals surface area contributed by atoms with Crippen molar-refractivity contribution in [2.75, 3.05) is 19.6 Å². The van der Waals surface area contributed by atoms with Crippen LogP contribution in [0.15, 0.2) is 40.7 Å². The fourth-order valence-corrected chi connectivity index (χ4v) is 7.06. The van der Waals surface area contributed by atoms with E-state index in [9.17, 15) is 9.59 Å². The first-order chi connectivity index (χ1) is 16.2. The van der Waals surface area contributed by atoms with Gasteiger partial charge >= 0.3 is 0 Å². The Labute approximate surface area is 195 Å². The molecule has 0 saturated carbocycles. The number of fused-ring (bicyclic) bond motifs is 7. The lowest BCUT2D eigenvalue weighted by molar-refractivity contribution is -0.136. The number of carbonyl (C=O) groups is 1. The standard InChI is InChI=1S/C27H34N4O2/c32-25(12-5-11-24-28-22-9-2-1-8-21(22)27(33)29-24)31-14-6-7-18-15-19-16-20(26(18)31)17-30-13-4-3-10-23(19)30/h1-2,8-9,15,19-20,23,26H,3-7,10-14,16-17H2,(H,28,29,33)/t19-,20?,23?,26?/m0/s1. The largest absolute Gasteiger partial charge is 0.336 e. The number of nitrogens with zero attached hydrogens (tertiary/aromatic N) is 3. The van der Waals surface area contributed by atoms with Crippen LogP contribution >= 0.6 is 0 Å². The SMILES string of the molecule is O=C(CCCc1nc2ccccc2c(=O)[nH]1)N1CCCC2=C[C@H]3CC(CN4CCCCC34)C21. The highest BCUT2D eigenvalue weighted by atomic mass is 16.2. The van der Waals surface area contributed by atoms with E-state index in [1.54, 1.807) is 11.6 Å². The van der Waals surface area contributed by atoms with Gasteiger partial charge in [-0.1, -0.05) is 30.2 Å². The van der Waals surface area contributed by atoms with Gasteiger partial charge in [-0.15, -0.1) is 0 Å². The number of benzene rings is 1. The molecule has 3 unspecified atom stereocenters. The summed E-state index contributed by atoms with van der Waals surface area (Å²) in [5.74, 6) is 2.23. The van der Waals surface area contributed by atoms with E-state index in [1.165, 1.54) is 32.2 Å². The maximum atomic E-state index is 13.4. The number of carbonyl (C=O) groups excluding carboxylic acids is 1. The Morgan fingerprint density at radius 2 is 2.06 bits per heavy atom. The minimum Gasteiger partial charge on any atom is -0.336 e. The molecular weight excluding hydrogens is 412 g/mol. The first kappa shape index (κ1) is 21.1. The van der Waals surface area contributed by atoms with Crippen molar-refractivity contribution in [2.24, 2.45) is 11.8 Å². The number of hydrogen-bond acceptors (Lipinski definition) is 4. The number of hydrogen-bond donors (Lipinski definition) is 1. The first-order valence-electron chi connectivity index (χ1n) is 12.9. The minimum atomic E-state index is -0.0992. The van der Waals surface area contributed by atoms with Crippen LogP contribution in [0.2, 0.25) is 0 Å². The second-order valence-corrected chi connectivity index (χ2v) is 10.5. The van der Waals surface area contributed by atoms with E-state index >= 15 is 0 Å². The van der Waals surface area contributed by atoms with Crippen molar-refractivity contribution < 1.29 is 4.79 Å². The Morgan fingerprint density at radius 3 is 3.00 bits per heavy atom. The Hall–Kier alpha value is -2.47. The van der Waals surface area contributed by atoms with Crippen LogP contribution in [-0.2, 0) is 11.2 Å². The van der Waals surface area contributed by atoms with Crippen molar-refractivity contribution >= 4 is 16.8 Å². The quantitative estimate of drug-likeness (QED) is 0.728. The molecule has 2 bridgehead atoms. The van der Waals surface area contributed by atoms with Gasteiger partial charge in [0.2, 0.25) is 5.91 Å². The third kappa shape index (κ3) is 3.92. The highest BCUT2D eigenvalue weighted by molar-refractivity contribution is 5.78. The van der Waals surface area contributed by atoms with E-state index in [0.29, 0.717) is 48.4 Å². The smallest absolute Gasteiger partial charge is 0.258 e. The minimum absolute atomic E-state index is 0.0992. The summed E-state index contributed by atoms with van der Waals surface area (Å²) in [4.78, 5) is 38.1. The number of rotatable bonds is 4. The molecule has 3 aliphatic heterocycles. The molecule has 1 amide bonds. The number of aromatic nitrogens is 2. The van der Waals surface area contributed by atoms with Crippen LogP contribution in [0.3, 0.4) is 0 Å². The Kier molecular flexibility index (Phi) is 5.57. The highest BCUT2D eigenvalue weighted by Crippen LogP contribution is 2.45. The number of likely N-dealkylation sites (tertiary alicyclic amines) is 1. The molecule has 4 aliphatic rings. The van der Waals surface area contributed by atoms with Gasteiger partial charge in [-0.05, 0) is 69.0 Å². The number of aromatic amines is 1. The van der Waals surface area contributed by atoms with E-state index in [-0.39, 0.29) is 11.5 Å². The zero-order chi connectivity index (χ0) is 22.4. The van der Waals surface area contributed by atoms with Gasteiger partial charge in [-0.2, -0.15) is 0 Å². The molecule has 3 saturated heterocycles. The molecule has 1 aromatic carbocycles. The van der Waals surface area contributed by atoms with E-state index < -0.39 is 0 Å². The number of aryl methyl sites for hydroxylation is 1. The van der Waals surface area contributed by atoms with Crippen LogP contribution in [0, 0.1) is 11.8 Å². The summed E-state index contributed by atoms with van der Waals surface area (Å²) in [7, 11) is 0. The number of nitrogens with one attached hydrogen (secondary N) is 1. The lowest BCUT2D eigenvalue weighted by Gasteiger charge is -2.54. The van der Waals surface area contributed by atoms with E-state index in [0.717, 1.165) is 37.5 Å². The Morgan fingerprint density at radius 1 is 1.15 bits per heavy atom. The van der Waals surface area contributed by atoms with E-state index in [2.05, 4.69) is 25.8 Å². The van der Waals surface area contributed by atoms with Crippen LogP contribution in [0.4, 0.5) is 0 Å². The van der Waals surface area contributed by atoms with Crippen molar-refractivity contribution in [3.8, 4) is 0 Å². The zero-order valence-electron chi connectivity index (χ0n) is 19.3. The second kappa shape index (κ2) is 8.71. The van der Waals surface area contributed by atoms with Gasteiger partial charge in [0.1, 0.15) is 5.82 Å². The summed E-state index contributed by atoms with van der Waals surface area (Å²) in [6.45, 7) is 3.28. The molecule has 1 aliphatic carbocycles. The van der Waals surface area contributed by atoms with Crippen LogP contribution in [0.25, 0.3) is 10.9 Å². The molecule has 174 valence electrons. The summed E-state index contributed by atoms with van der Waals surface area (Å²) in [6.07, 6.45) is 12.0. The summed E-state index contributed by atoms with van der Waals surface area (Å²) in [5.41, 5.74) is 2.16. The third-order valence-electron chi connectivity index (χ3n) is 8.44. The molecule has 4 atom stereocenters. The van der Waals surface area contributed by atoms with Crippen molar-refractivity contribution in [3.05, 3.63) is 52.1 Å². The lowest BCUT2D eigenvalue weighted by atomic mass is 9.68. The number of amides is 1. The van der Waals surface area contributed by atoms with Crippen molar-refractivity contribution in [1.82, 2.24) is 19.8 Å². The molecule has 33 heavy (non-hydrogen) atoms. The van der Waals surface area contributed by atoms with Gasteiger partial charge in [0.05, 0.1) is 16.9 Å². The molecule has 2 aromatic rings. The van der Waals surface area contributed by atoms with Gasteiger partial charge in [0.15, 0.2) is 0 Å². The average molecular weight is 447 g/mol. The van der Waals surface area contributed by atoms with Crippen LogP contribution < -0.4 is 5.56 Å². The average Bonchev–Trinajstić information content (AvgIpc) is 2.84. The maximum Gasteiger partial charge on any atom is 0.258 e. The summed E-state index contributed by atoms with van der Waals surface area (Å²) in [5, 5.41) is 0.615. The normalized spacial score (nSPS) is 29.3. The van der Waals surface area contributed by atoms with Crippen molar-refractivity contribution in [2.45, 2.75) is 69.9 Å². The summed E-state index contributed by atoms with van der Waals surface area (Å²) >= 11 is 0. The van der Waals surface area contributed by atoms with Crippen LogP contribution in [-0.4, -0.2) is 57.4 Å². The molecule has 6 heteroatoms. The monoisotopic (exact) mass is 446 g/mol. The predicted octanol–water partition coefficient (Wildman–Crippen LogP) is 3.67. The first-order valence-corrected chi connectivity index (χ1v) is 12.9. The summed E-state index contributed by atoms with van der Waals surface area (Å²) < 4.78 is 0. The number of piperidine rings is 3. The van der Waals surface area contributed by atoms with E-state index in [1.807, 2.05) is 18.2 Å². The fourth-order valence-electron chi connectivity index (χ4n) is 7.06. The molecule has 0 spiro atoms.